The lowest BCUT2D eigenvalue weighted by Gasteiger charge is -2.36. The van der Waals surface area contributed by atoms with Gasteiger partial charge in [-0.25, -0.2) is 0 Å². The van der Waals surface area contributed by atoms with Crippen LogP contribution >= 0.6 is 0 Å². The lowest BCUT2D eigenvalue weighted by Crippen LogP contribution is -2.34. The number of benzene rings is 4. The van der Waals surface area contributed by atoms with Gasteiger partial charge in [0.2, 0.25) is 0 Å². The summed E-state index contributed by atoms with van der Waals surface area (Å²) >= 11 is 0. The molecule has 0 aliphatic carbocycles. The summed E-state index contributed by atoms with van der Waals surface area (Å²) in [5.41, 5.74) is 2.77. The fourth-order valence-corrected chi connectivity index (χ4v) is 3.94. The summed E-state index contributed by atoms with van der Waals surface area (Å²) in [6, 6.07) is 37.0. The highest BCUT2D eigenvalue weighted by Crippen LogP contribution is 2.40. The molecule has 0 aliphatic rings. The molecule has 0 unspecified atom stereocenters. The minimum absolute atomic E-state index is 0.0490. The standard InChI is InChI=1S/C27H24N2O3/c30-29(31)26-19-11-10-18-25(26)28-20-21-32-27(22-12-4-1-5-13-22,23-14-6-2-7-15-23)24-16-8-3-9-17-24/h1-19,28H,20-21H2. The second-order valence-corrected chi connectivity index (χ2v) is 7.33. The van der Waals surface area contributed by atoms with Crippen molar-refractivity contribution in [3.63, 3.8) is 0 Å². The summed E-state index contributed by atoms with van der Waals surface area (Å²) in [5, 5.41) is 14.5. The quantitative estimate of drug-likeness (QED) is 0.155. The third-order valence-electron chi connectivity index (χ3n) is 5.38. The Morgan fingerprint density at radius 2 is 1.12 bits per heavy atom. The van der Waals surface area contributed by atoms with Crippen molar-refractivity contribution >= 4 is 11.4 Å². The Morgan fingerprint density at radius 1 is 0.688 bits per heavy atom. The van der Waals surface area contributed by atoms with Crippen molar-refractivity contribution < 1.29 is 9.66 Å². The van der Waals surface area contributed by atoms with E-state index in [0.29, 0.717) is 18.8 Å². The first-order valence-electron chi connectivity index (χ1n) is 10.5. The van der Waals surface area contributed by atoms with Crippen LogP contribution in [0.4, 0.5) is 11.4 Å². The van der Waals surface area contributed by atoms with Gasteiger partial charge in [-0.3, -0.25) is 10.1 Å². The van der Waals surface area contributed by atoms with Gasteiger partial charge in [-0.2, -0.15) is 0 Å². The van der Waals surface area contributed by atoms with E-state index in [-0.39, 0.29) is 10.6 Å². The first kappa shape index (κ1) is 21.3. The zero-order valence-corrected chi connectivity index (χ0v) is 17.6. The van der Waals surface area contributed by atoms with E-state index >= 15 is 0 Å². The third-order valence-corrected chi connectivity index (χ3v) is 5.38. The minimum atomic E-state index is -0.811. The Kier molecular flexibility index (Phi) is 6.58. The van der Waals surface area contributed by atoms with E-state index in [9.17, 15) is 10.1 Å². The second kappa shape index (κ2) is 9.90. The maximum atomic E-state index is 11.3. The van der Waals surface area contributed by atoms with E-state index in [2.05, 4.69) is 41.7 Å². The smallest absolute Gasteiger partial charge is 0.292 e. The molecule has 0 aromatic heterocycles. The first-order chi connectivity index (χ1) is 15.7. The van der Waals surface area contributed by atoms with Crippen molar-refractivity contribution in [2.75, 3.05) is 18.5 Å². The summed E-state index contributed by atoms with van der Waals surface area (Å²) in [4.78, 5) is 10.9. The van der Waals surface area contributed by atoms with Crippen molar-refractivity contribution in [2.45, 2.75) is 5.60 Å². The first-order valence-corrected chi connectivity index (χ1v) is 10.5. The molecule has 0 bridgehead atoms. The zero-order chi connectivity index (χ0) is 22.2. The number of nitro benzene ring substituents is 1. The number of ether oxygens (including phenoxy) is 1. The Bertz CT molecular complexity index is 1050. The third kappa shape index (κ3) is 4.38. The van der Waals surface area contributed by atoms with Gasteiger partial charge in [0, 0.05) is 12.6 Å². The van der Waals surface area contributed by atoms with Crippen LogP contribution in [0.15, 0.2) is 115 Å². The van der Waals surface area contributed by atoms with Gasteiger partial charge < -0.3 is 10.1 Å². The predicted octanol–water partition coefficient (Wildman–Crippen LogP) is 6.02. The molecule has 0 saturated heterocycles. The highest BCUT2D eigenvalue weighted by Gasteiger charge is 2.37. The molecule has 160 valence electrons. The fourth-order valence-electron chi connectivity index (χ4n) is 3.94. The molecule has 5 heteroatoms. The van der Waals surface area contributed by atoms with Crippen LogP contribution in [0.25, 0.3) is 0 Å². The molecule has 4 rings (SSSR count). The van der Waals surface area contributed by atoms with Crippen LogP contribution in [0.1, 0.15) is 16.7 Å². The summed E-state index contributed by atoms with van der Waals surface area (Å²) in [6.45, 7) is 0.754. The van der Waals surface area contributed by atoms with E-state index < -0.39 is 5.60 Å². The van der Waals surface area contributed by atoms with Crippen molar-refractivity contribution in [2.24, 2.45) is 0 Å². The molecule has 0 heterocycles. The Labute approximate surface area is 187 Å². The number of anilines is 1. The molecule has 5 nitrogen and oxygen atoms in total. The van der Waals surface area contributed by atoms with Gasteiger partial charge in [0.1, 0.15) is 11.3 Å². The summed E-state index contributed by atoms with van der Waals surface area (Å²) in [6.07, 6.45) is 0. The average Bonchev–Trinajstić information content (AvgIpc) is 2.86. The van der Waals surface area contributed by atoms with Crippen LogP contribution in [0, 0.1) is 10.1 Å². The predicted molar refractivity (Wildman–Crippen MR) is 127 cm³/mol. The van der Waals surface area contributed by atoms with E-state index in [0.717, 1.165) is 16.7 Å². The molecule has 0 spiro atoms. The largest absolute Gasteiger partial charge is 0.377 e. The van der Waals surface area contributed by atoms with Crippen LogP contribution in [-0.4, -0.2) is 18.1 Å². The lowest BCUT2D eigenvalue weighted by molar-refractivity contribution is -0.384. The topological polar surface area (TPSA) is 64.4 Å². The molecular weight excluding hydrogens is 400 g/mol. The van der Waals surface area contributed by atoms with Crippen LogP contribution in [0.5, 0.6) is 0 Å². The normalized spacial score (nSPS) is 11.1. The monoisotopic (exact) mass is 424 g/mol. The van der Waals surface area contributed by atoms with E-state index in [4.69, 9.17) is 4.74 Å². The summed E-state index contributed by atoms with van der Waals surface area (Å²) in [7, 11) is 0. The van der Waals surface area contributed by atoms with Crippen LogP contribution in [0.2, 0.25) is 0 Å². The van der Waals surface area contributed by atoms with Crippen LogP contribution in [0.3, 0.4) is 0 Å². The van der Waals surface area contributed by atoms with Gasteiger partial charge in [-0.1, -0.05) is 103 Å². The van der Waals surface area contributed by atoms with E-state index in [1.54, 1.807) is 18.2 Å². The SMILES string of the molecule is O=[N+]([O-])c1ccccc1NCCOC(c1ccccc1)(c1ccccc1)c1ccccc1. The van der Waals surface area contributed by atoms with Gasteiger partial charge in [0.15, 0.2) is 0 Å². The maximum Gasteiger partial charge on any atom is 0.292 e. The number of nitro groups is 1. The number of hydrogen-bond donors (Lipinski definition) is 1. The molecule has 0 amide bonds. The molecule has 0 radical (unpaired) electrons. The fraction of sp³-hybridized carbons (Fsp3) is 0.111. The number of hydrogen-bond acceptors (Lipinski definition) is 4. The molecule has 0 fully saturated rings. The average molecular weight is 425 g/mol. The van der Waals surface area contributed by atoms with Gasteiger partial charge in [-0.05, 0) is 22.8 Å². The van der Waals surface area contributed by atoms with Crippen LogP contribution in [-0.2, 0) is 10.3 Å². The molecule has 4 aromatic rings. The van der Waals surface area contributed by atoms with Gasteiger partial charge in [0.05, 0.1) is 11.5 Å². The Hall–Kier alpha value is -3.96. The van der Waals surface area contributed by atoms with E-state index in [1.165, 1.54) is 6.07 Å². The highest BCUT2D eigenvalue weighted by molar-refractivity contribution is 5.61. The van der Waals surface area contributed by atoms with Crippen molar-refractivity contribution in [3.8, 4) is 0 Å². The molecule has 32 heavy (non-hydrogen) atoms. The Morgan fingerprint density at radius 3 is 1.59 bits per heavy atom. The maximum absolute atomic E-state index is 11.3. The summed E-state index contributed by atoms with van der Waals surface area (Å²) < 4.78 is 6.68. The van der Waals surface area contributed by atoms with Gasteiger partial charge in [0.25, 0.3) is 5.69 Å². The molecule has 0 atom stereocenters. The van der Waals surface area contributed by atoms with Gasteiger partial charge in [-0.15, -0.1) is 0 Å². The number of nitrogens with one attached hydrogen (secondary N) is 1. The lowest BCUT2D eigenvalue weighted by atomic mass is 9.80. The summed E-state index contributed by atoms with van der Waals surface area (Å²) in [5.74, 6) is 0. The van der Waals surface area contributed by atoms with Gasteiger partial charge >= 0.3 is 0 Å². The molecular formula is C27H24N2O3. The minimum Gasteiger partial charge on any atom is -0.377 e. The van der Waals surface area contributed by atoms with Crippen LogP contribution < -0.4 is 5.32 Å². The van der Waals surface area contributed by atoms with Crippen molar-refractivity contribution in [1.29, 1.82) is 0 Å². The van der Waals surface area contributed by atoms with Crippen molar-refractivity contribution in [3.05, 3.63) is 142 Å². The molecule has 0 aliphatic heterocycles. The highest BCUT2D eigenvalue weighted by atomic mass is 16.6. The molecule has 4 aromatic carbocycles. The molecule has 0 saturated carbocycles. The van der Waals surface area contributed by atoms with E-state index in [1.807, 2.05) is 54.6 Å². The number of rotatable bonds is 9. The number of para-hydroxylation sites is 2. The Balaban J connectivity index is 1.67. The zero-order valence-electron chi connectivity index (χ0n) is 17.6. The molecule has 1 N–H and O–H groups in total. The second-order valence-electron chi connectivity index (χ2n) is 7.33. The van der Waals surface area contributed by atoms with Crippen molar-refractivity contribution in [1.82, 2.24) is 0 Å². The number of nitrogens with zero attached hydrogens (tertiary/aromatic N) is 1.